The van der Waals surface area contributed by atoms with Crippen LogP contribution < -0.4 is 0 Å². The third-order valence-corrected chi connectivity index (χ3v) is 6.70. The average Bonchev–Trinajstić information content (AvgIpc) is 2.68. The second-order valence-electron chi connectivity index (χ2n) is 4.95. The number of unbranched alkanes of at least 4 members (excludes halogenated alkanes) is 2. The van der Waals surface area contributed by atoms with Crippen LogP contribution in [-0.4, -0.2) is 44.5 Å². The largest absolute Gasteiger partial charge is 0.332 e. The molecule has 6 nitrogen and oxygen atoms in total. The van der Waals surface area contributed by atoms with Crippen molar-refractivity contribution in [2.75, 3.05) is 44.5 Å². The van der Waals surface area contributed by atoms with Crippen LogP contribution in [0.25, 0.3) is 0 Å². The van der Waals surface area contributed by atoms with Gasteiger partial charge in [0.1, 0.15) is 0 Å². The maximum atomic E-state index is 11.8. The molecule has 9 heteroatoms. The number of hydrogen-bond acceptors (Lipinski definition) is 6. The molecule has 0 radical (unpaired) electrons. The van der Waals surface area contributed by atoms with Gasteiger partial charge in [0.15, 0.2) is 0 Å². The lowest BCUT2D eigenvalue weighted by atomic mass is 10.4. The molecule has 0 spiro atoms. The summed E-state index contributed by atoms with van der Waals surface area (Å²) in [6.45, 7) is 12.1. The molecule has 0 N–H and O–H groups in total. The topological polar surface area (TPSA) is 63.2 Å². The summed E-state index contributed by atoms with van der Waals surface area (Å²) in [7, 11) is -3.91. The van der Waals surface area contributed by atoms with Crippen LogP contribution in [0.3, 0.4) is 0 Å². The quantitative estimate of drug-likeness (QED) is 0.103. The van der Waals surface area contributed by atoms with Gasteiger partial charge in [-0.15, -0.1) is 24.7 Å². The molecule has 0 atom stereocenters. The highest BCUT2D eigenvalue weighted by Crippen LogP contribution is 2.48. The zero-order valence-corrected chi connectivity index (χ0v) is 22.0. The number of alkyl halides is 1. The standard InChI is InChI=1S/C9H17O3P.C6H15O3P.C5H7Br/c1-4-7-8-9-13(10,11-5-2)12-6-3;1-4-7-10(8-5-2)9-6-3;1-2-3-4-5-6/h1H,5-9H2,2-3H3;4-6H2,1-3H3;1H,3-5H2. The second-order valence-corrected chi connectivity index (χ2v) is 9.15. The predicted octanol–water partition coefficient (Wildman–Crippen LogP) is 6.78. The van der Waals surface area contributed by atoms with E-state index in [1.54, 1.807) is 13.8 Å². The third-order valence-electron chi connectivity index (χ3n) is 2.56. The summed E-state index contributed by atoms with van der Waals surface area (Å²) >= 11 is 3.25. The van der Waals surface area contributed by atoms with Gasteiger partial charge < -0.3 is 22.6 Å². The van der Waals surface area contributed by atoms with E-state index >= 15 is 0 Å². The van der Waals surface area contributed by atoms with E-state index in [1.807, 2.05) is 20.8 Å². The SMILES string of the molecule is C#CCCCBr.C#CCCCP(=O)(OCC)OCC.CCOP(OCC)OCC. The normalized spacial score (nSPS) is 10.2. The second kappa shape index (κ2) is 28.1. The Morgan fingerprint density at radius 2 is 1.21 bits per heavy atom. The first-order valence-corrected chi connectivity index (χ1v) is 13.9. The zero-order chi connectivity index (χ0) is 22.8. The molecule has 0 amide bonds. The molecule has 0 heterocycles. The van der Waals surface area contributed by atoms with E-state index in [0.717, 1.165) is 18.2 Å². The summed E-state index contributed by atoms with van der Waals surface area (Å²) in [6, 6.07) is 0. The van der Waals surface area contributed by atoms with Crippen LogP contribution in [-0.2, 0) is 27.2 Å². The molecule has 0 rings (SSSR count). The maximum Gasteiger partial charge on any atom is 0.332 e. The van der Waals surface area contributed by atoms with Crippen molar-refractivity contribution in [2.24, 2.45) is 0 Å². The predicted molar refractivity (Wildman–Crippen MR) is 127 cm³/mol. The van der Waals surface area contributed by atoms with Crippen molar-refractivity contribution >= 4 is 32.1 Å². The monoisotopic (exact) mass is 516 g/mol. The fourth-order valence-corrected chi connectivity index (χ4v) is 4.33. The van der Waals surface area contributed by atoms with E-state index in [0.29, 0.717) is 52.0 Å². The molecule has 172 valence electrons. The first-order chi connectivity index (χ1) is 13.9. The minimum atomic E-state index is -2.84. The van der Waals surface area contributed by atoms with Crippen LogP contribution in [0.4, 0.5) is 0 Å². The van der Waals surface area contributed by atoms with Gasteiger partial charge in [-0.2, -0.15) is 0 Å². The van der Waals surface area contributed by atoms with Gasteiger partial charge in [-0.05, 0) is 47.5 Å². The maximum absolute atomic E-state index is 11.8. The summed E-state index contributed by atoms with van der Waals surface area (Å²) in [5.74, 6) is 5.03. The molecule has 0 bridgehead atoms. The Morgan fingerprint density at radius 3 is 1.48 bits per heavy atom. The van der Waals surface area contributed by atoms with E-state index in [4.69, 9.17) is 35.5 Å². The minimum Gasteiger partial charge on any atom is -0.313 e. The fraction of sp³-hybridized carbons (Fsp3) is 0.800. The molecule has 0 aromatic carbocycles. The van der Waals surface area contributed by atoms with Gasteiger partial charge in [0.05, 0.1) is 39.2 Å². The summed E-state index contributed by atoms with van der Waals surface area (Å²) in [5.41, 5.74) is 0. The molecule has 0 aromatic heterocycles. The van der Waals surface area contributed by atoms with Crippen LogP contribution in [0.2, 0.25) is 0 Å². The van der Waals surface area contributed by atoms with Crippen LogP contribution in [0.5, 0.6) is 0 Å². The van der Waals surface area contributed by atoms with E-state index in [1.165, 1.54) is 0 Å². The van der Waals surface area contributed by atoms with E-state index in [-0.39, 0.29) is 0 Å². The van der Waals surface area contributed by atoms with Gasteiger partial charge >= 0.3 is 16.2 Å². The Morgan fingerprint density at radius 1 is 0.793 bits per heavy atom. The lowest BCUT2D eigenvalue weighted by Gasteiger charge is -2.15. The van der Waals surface area contributed by atoms with Crippen LogP contribution in [0.15, 0.2) is 0 Å². The van der Waals surface area contributed by atoms with Gasteiger partial charge in [-0.25, -0.2) is 0 Å². The Balaban J connectivity index is -0.000000375. The Bertz CT molecular complexity index is 427. The number of terminal acetylenes is 2. The molecule has 0 aromatic rings. The zero-order valence-electron chi connectivity index (χ0n) is 18.7. The molecule has 0 aliphatic heterocycles. The highest BCUT2D eigenvalue weighted by molar-refractivity contribution is 9.09. The van der Waals surface area contributed by atoms with Gasteiger partial charge in [0, 0.05) is 18.2 Å². The highest BCUT2D eigenvalue weighted by Gasteiger charge is 2.21. The lowest BCUT2D eigenvalue weighted by molar-refractivity contribution is 0.176. The third kappa shape index (κ3) is 28.1. The lowest BCUT2D eigenvalue weighted by Crippen LogP contribution is -1.99. The Hall–Kier alpha value is 0.0600. The minimum absolute atomic E-state index is 0.410. The molecule has 0 aliphatic rings. The van der Waals surface area contributed by atoms with Crippen molar-refractivity contribution in [3.8, 4) is 24.7 Å². The molecule has 0 aliphatic carbocycles. The fourth-order valence-electron chi connectivity index (χ4n) is 1.53. The van der Waals surface area contributed by atoms with Crippen molar-refractivity contribution in [2.45, 2.75) is 60.3 Å². The molecule has 29 heavy (non-hydrogen) atoms. The molecular weight excluding hydrogens is 478 g/mol. The van der Waals surface area contributed by atoms with Gasteiger partial charge in [-0.3, -0.25) is 4.57 Å². The summed E-state index contributed by atoms with van der Waals surface area (Å²) in [4.78, 5) is 0. The molecule has 0 saturated heterocycles. The number of halogens is 1. The highest BCUT2D eigenvalue weighted by atomic mass is 79.9. The molecule has 0 saturated carbocycles. The first kappa shape index (κ1) is 33.7. The summed E-state index contributed by atoms with van der Waals surface area (Å²) < 4.78 is 37.4. The van der Waals surface area contributed by atoms with E-state index in [2.05, 4.69) is 27.8 Å². The Labute approximate surface area is 188 Å². The molecule has 0 unspecified atom stereocenters. The summed E-state index contributed by atoms with van der Waals surface area (Å²) in [6.07, 6.45) is 13.7. The average molecular weight is 517 g/mol. The van der Waals surface area contributed by atoms with Gasteiger partial charge in [0.2, 0.25) is 0 Å². The number of rotatable bonds is 15. The van der Waals surface area contributed by atoms with Gasteiger partial charge in [-0.1, -0.05) is 15.9 Å². The van der Waals surface area contributed by atoms with E-state index < -0.39 is 16.2 Å². The first-order valence-electron chi connectivity index (χ1n) is 9.94. The van der Waals surface area contributed by atoms with Crippen LogP contribution in [0.1, 0.15) is 60.3 Å². The van der Waals surface area contributed by atoms with Gasteiger partial charge in [0.25, 0.3) is 0 Å². The molecule has 0 fully saturated rings. The smallest absolute Gasteiger partial charge is 0.313 e. The van der Waals surface area contributed by atoms with Crippen molar-refractivity contribution in [1.82, 2.24) is 0 Å². The summed E-state index contributed by atoms with van der Waals surface area (Å²) in [5, 5.41) is 1.02. The van der Waals surface area contributed by atoms with Crippen LogP contribution >= 0.6 is 32.1 Å². The van der Waals surface area contributed by atoms with Crippen molar-refractivity contribution in [3.05, 3.63) is 0 Å². The van der Waals surface area contributed by atoms with Crippen molar-refractivity contribution in [1.29, 1.82) is 0 Å². The Kier molecular flexibility index (Phi) is 32.6. The van der Waals surface area contributed by atoms with Crippen molar-refractivity contribution in [3.63, 3.8) is 0 Å². The van der Waals surface area contributed by atoms with Crippen LogP contribution in [0, 0.1) is 24.7 Å². The van der Waals surface area contributed by atoms with E-state index in [9.17, 15) is 4.57 Å². The molecular formula is C20H39BrO6P2. The van der Waals surface area contributed by atoms with Crippen molar-refractivity contribution < 1.29 is 27.2 Å². The number of hydrogen-bond donors (Lipinski definition) is 0.